The Hall–Kier alpha value is -0.650. The summed E-state index contributed by atoms with van der Waals surface area (Å²) >= 11 is 0. The van der Waals surface area contributed by atoms with Crippen molar-refractivity contribution >= 4 is 5.91 Å². The smallest absolute Gasteiger partial charge is 0.245 e. The molecule has 16 heavy (non-hydrogen) atoms. The maximum absolute atomic E-state index is 10.5. The van der Waals surface area contributed by atoms with E-state index in [1.807, 2.05) is 0 Å². The van der Waals surface area contributed by atoms with Crippen molar-refractivity contribution in [2.45, 2.75) is 32.7 Å². The van der Waals surface area contributed by atoms with Crippen molar-refractivity contribution in [1.82, 2.24) is 10.4 Å². The molecular formula is C11H23N3O2. The molecule has 1 aliphatic heterocycles. The molecule has 0 aliphatic carbocycles. The Morgan fingerprint density at radius 1 is 1.56 bits per heavy atom. The van der Waals surface area contributed by atoms with Crippen molar-refractivity contribution in [3.63, 3.8) is 0 Å². The lowest BCUT2D eigenvalue weighted by atomic mass is 9.91. The maximum Gasteiger partial charge on any atom is 0.245 e. The van der Waals surface area contributed by atoms with E-state index in [2.05, 4.69) is 24.2 Å². The number of hydrogen-bond acceptors (Lipinski definition) is 4. The summed E-state index contributed by atoms with van der Waals surface area (Å²) < 4.78 is 0. The molecule has 1 aliphatic rings. The minimum Gasteiger partial charge on any atom is -0.368 e. The van der Waals surface area contributed by atoms with Gasteiger partial charge >= 0.3 is 0 Å². The number of piperidine rings is 1. The lowest BCUT2D eigenvalue weighted by molar-refractivity contribution is -0.126. The van der Waals surface area contributed by atoms with Crippen LogP contribution < -0.4 is 11.2 Å². The molecule has 5 nitrogen and oxygen atoms in total. The quantitative estimate of drug-likeness (QED) is 0.635. The first-order valence-corrected chi connectivity index (χ1v) is 6.01. The summed E-state index contributed by atoms with van der Waals surface area (Å²) in [7, 11) is 0. The van der Waals surface area contributed by atoms with Crippen LogP contribution in [0.3, 0.4) is 0 Å². The SMILES string of the molecule is CCN1CCC(C(C)NOCC(N)=O)CC1. The highest BCUT2D eigenvalue weighted by Crippen LogP contribution is 2.20. The highest BCUT2D eigenvalue weighted by atomic mass is 16.6. The van der Waals surface area contributed by atoms with E-state index in [1.165, 1.54) is 12.8 Å². The van der Waals surface area contributed by atoms with Crippen LogP contribution in [0.2, 0.25) is 0 Å². The molecule has 94 valence electrons. The number of nitrogens with two attached hydrogens (primary N) is 1. The second-order valence-corrected chi connectivity index (χ2v) is 4.43. The Bertz CT molecular complexity index is 215. The Morgan fingerprint density at radius 2 is 2.19 bits per heavy atom. The van der Waals surface area contributed by atoms with Crippen LogP contribution in [0.4, 0.5) is 0 Å². The third-order valence-electron chi connectivity index (χ3n) is 3.27. The maximum atomic E-state index is 10.5. The fourth-order valence-electron chi connectivity index (χ4n) is 2.11. The van der Waals surface area contributed by atoms with Gasteiger partial charge in [-0.05, 0) is 45.3 Å². The monoisotopic (exact) mass is 229 g/mol. The highest BCUT2D eigenvalue weighted by molar-refractivity contribution is 5.74. The number of hydroxylamine groups is 1. The standard InChI is InChI=1S/C11H23N3O2/c1-3-14-6-4-10(5-7-14)9(2)13-16-8-11(12)15/h9-10,13H,3-8H2,1-2H3,(H2,12,15). The number of hydrogen-bond donors (Lipinski definition) is 2. The molecule has 1 atom stereocenters. The van der Waals surface area contributed by atoms with Crippen LogP contribution in [-0.4, -0.2) is 43.1 Å². The van der Waals surface area contributed by atoms with E-state index in [1.54, 1.807) is 0 Å². The molecule has 0 aromatic heterocycles. The van der Waals surface area contributed by atoms with Crippen molar-refractivity contribution in [3.8, 4) is 0 Å². The number of amides is 1. The van der Waals surface area contributed by atoms with Gasteiger partial charge < -0.3 is 10.6 Å². The van der Waals surface area contributed by atoms with E-state index in [-0.39, 0.29) is 12.6 Å². The molecular weight excluding hydrogens is 206 g/mol. The Kier molecular flexibility index (Phi) is 5.73. The van der Waals surface area contributed by atoms with Crippen molar-refractivity contribution in [3.05, 3.63) is 0 Å². The summed E-state index contributed by atoms with van der Waals surface area (Å²) in [6, 6.07) is 0.276. The predicted molar refractivity (Wildman–Crippen MR) is 62.6 cm³/mol. The molecule has 0 aromatic rings. The first-order valence-electron chi connectivity index (χ1n) is 6.01. The fraction of sp³-hybridized carbons (Fsp3) is 0.909. The molecule has 0 saturated carbocycles. The lowest BCUT2D eigenvalue weighted by Crippen LogP contribution is -2.42. The third kappa shape index (κ3) is 4.47. The van der Waals surface area contributed by atoms with Gasteiger partial charge in [-0.2, -0.15) is 5.48 Å². The first kappa shape index (κ1) is 13.4. The van der Waals surface area contributed by atoms with Crippen LogP contribution >= 0.6 is 0 Å². The topological polar surface area (TPSA) is 67.6 Å². The van der Waals surface area contributed by atoms with E-state index in [0.29, 0.717) is 5.92 Å². The Morgan fingerprint density at radius 3 is 2.69 bits per heavy atom. The minimum absolute atomic E-state index is 0.0574. The van der Waals surface area contributed by atoms with Gasteiger partial charge in [0.15, 0.2) is 0 Å². The average Bonchev–Trinajstić information content (AvgIpc) is 2.28. The van der Waals surface area contributed by atoms with Gasteiger partial charge in [-0.25, -0.2) is 0 Å². The number of nitrogens with one attached hydrogen (secondary N) is 1. The van der Waals surface area contributed by atoms with Crippen molar-refractivity contribution < 1.29 is 9.63 Å². The summed E-state index contributed by atoms with van der Waals surface area (Å²) in [6.45, 7) is 7.67. The first-order chi connectivity index (χ1) is 7.63. The number of primary amides is 1. The molecule has 1 amide bonds. The van der Waals surface area contributed by atoms with Crippen LogP contribution in [0.1, 0.15) is 26.7 Å². The van der Waals surface area contributed by atoms with Gasteiger partial charge in [0.1, 0.15) is 6.61 Å². The largest absolute Gasteiger partial charge is 0.368 e. The minimum atomic E-state index is -0.444. The summed E-state index contributed by atoms with van der Waals surface area (Å²) in [6.07, 6.45) is 2.36. The highest BCUT2D eigenvalue weighted by Gasteiger charge is 2.23. The number of likely N-dealkylation sites (tertiary alicyclic amines) is 1. The zero-order valence-corrected chi connectivity index (χ0v) is 10.2. The van der Waals surface area contributed by atoms with E-state index in [0.717, 1.165) is 19.6 Å². The number of carbonyl (C=O) groups excluding carboxylic acids is 1. The van der Waals surface area contributed by atoms with Gasteiger partial charge in [0.05, 0.1) is 0 Å². The second-order valence-electron chi connectivity index (χ2n) is 4.43. The van der Waals surface area contributed by atoms with Gasteiger partial charge in [0.25, 0.3) is 0 Å². The average molecular weight is 229 g/mol. The molecule has 1 fully saturated rings. The van der Waals surface area contributed by atoms with Crippen LogP contribution in [0.5, 0.6) is 0 Å². The molecule has 1 rings (SSSR count). The van der Waals surface area contributed by atoms with Crippen LogP contribution in [0.15, 0.2) is 0 Å². The van der Waals surface area contributed by atoms with E-state index in [9.17, 15) is 4.79 Å². The molecule has 0 aromatic carbocycles. The van der Waals surface area contributed by atoms with Crippen molar-refractivity contribution in [1.29, 1.82) is 0 Å². The van der Waals surface area contributed by atoms with Crippen molar-refractivity contribution in [2.75, 3.05) is 26.2 Å². The van der Waals surface area contributed by atoms with Gasteiger partial charge in [-0.1, -0.05) is 6.92 Å². The van der Waals surface area contributed by atoms with E-state index in [4.69, 9.17) is 10.6 Å². The normalized spacial score (nSPS) is 20.9. The lowest BCUT2D eigenvalue weighted by Gasteiger charge is -2.34. The van der Waals surface area contributed by atoms with Crippen LogP contribution in [0.25, 0.3) is 0 Å². The van der Waals surface area contributed by atoms with Crippen LogP contribution in [-0.2, 0) is 9.63 Å². The van der Waals surface area contributed by atoms with Gasteiger partial charge in [-0.3, -0.25) is 9.63 Å². The van der Waals surface area contributed by atoms with Crippen molar-refractivity contribution in [2.24, 2.45) is 11.7 Å². The molecule has 1 unspecified atom stereocenters. The number of carbonyl (C=O) groups is 1. The summed E-state index contributed by atoms with van der Waals surface area (Å²) in [4.78, 5) is 18.0. The van der Waals surface area contributed by atoms with Gasteiger partial charge in [-0.15, -0.1) is 0 Å². The van der Waals surface area contributed by atoms with Gasteiger partial charge in [0, 0.05) is 6.04 Å². The molecule has 1 saturated heterocycles. The van der Waals surface area contributed by atoms with Gasteiger partial charge in [0.2, 0.25) is 5.91 Å². The molecule has 0 radical (unpaired) electrons. The third-order valence-corrected chi connectivity index (χ3v) is 3.27. The predicted octanol–water partition coefficient (Wildman–Crippen LogP) is 0.113. The molecule has 3 N–H and O–H groups in total. The van der Waals surface area contributed by atoms with E-state index < -0.39 is 5.91 Å². The summed E-state index contributed by atoms with van der Waals surface area (Å²) in [5, 5.41) is 0. The van der Waals surface area contributed by atoms with E-state index >= 15 is 0 Å². The Balaban J connectivity index is 2.17. The summed E-state index contributed by atoms with van der Waals surface area (Å²) in [5.74, 6) is 0.177. The molecule has 1 heterocycles. The summed E-state index contributed by atoms with van der Waals surface area (Å²) in [5.41, 5.74) is 7.88. The molecule has 5 heteroatoms. The number of rotatable bonds is 6. The zero-order valence-electron chi connectivity index (χ0n) is 10.2. The molecule has 0 bridgehead atoms. The Labute approximate surface area is 97.3 Å². The molecule has 0 spiro atoms. The second kappa shape index (κ2) is 6.83. The van der Waals surface area contributed by atoms with Crippen LogP contribution in [0, 0.1) is 5.92 Å². The zero-order chi connectivity index (χ0) is 12.0. The number of nitrogens with zero attached hydrogens (tertiary/aromatic N) is 1. The fourth-order valence-corrected chi connectivity index (χ4v) is 2.11.